The van der Waals surface area contributed by atoms with E-state index in [4.69, 9.17) is 14.7 Å². The predicted octanol–water partition coefficient (Wildman–Crippen LogP) is 12.7. The fourth-order valence-corrected chi connectivity index (χ4v) is 8.81. The van der Waals surface area contributed by atoms with Crippen LogP contribution in [-0.2, 0) is 5.41 Å². The highest BCUT2D eigenvalue weighted by Gasteiger charge is 2.52. The maximum atomic E-state index is 7.40. The lowest BCUT2D eigenvalue weighted by Gasteiger charge is -2.40. The minimum Gasteiger partial charge on any atom is -0.455 e. The van der Waals surface area contributed by atoms with Gasteiger partial charge in [0.2, 0.25) is 0 Å². The Morgan fingerprint density at radius 3 is 1.54 bits per heavy atom. The molecule has 9 aromatic rings. The van der Waals surface area contributed by atoms with E-state index in [0.29, 0.717) is 5.82 Å². The molecular weight excluding hydrogens is 683 g/mol. The van der Waals surface area contributed by atoms with Gasteiger partial charge in [0.1, 0.15) is 11.5 Å². The Balaban J connectivity index is 1.19. The Labute approximate surface area is 325 Å². The molecular formula is C52H33N3O. The summed E-state index contributed by atoms with van der Waals surface area (Å²) in [5.74, 6) is 2.30. The molecule has 11 rings (SSSR count). The number of hydrogen-bond acceptors (Lipinski definition) is 4. The molecule has 0 saturated heterocycles. The van der Waals surface area contributed by atoms with Crippen molar-refractivity contribution in [2.75, 3.05) is 0 Å². The molecule has 2 aromatic heterocycles. The molecule has 2 aliphatic rings. The number of para-hydroxylation sites is 2. The van der Waals surface area contributed by atoms with Gasteiger partial charge in [-0.25, -0.2) is 9.97 Å². The molecule has 0 atom stereocenters. The number of aromatic nitrogens is 3. The molecule has 0 radical (unpaired) electrons. The molecule has 0 saturated carbocycles. The van der Waals surface area contributed by atoms with Crippen LogP contribution < -0.4 is 4.74 Å². The molecule has 1 aliphatic heterocycles. The number of pyridine rings is 1. The van der Waals surface area contributed by atoms with Gasteiger partial charge in [0.05, 0.1) is 16.8 Å². The second-order valence-electron chi connectivity index (χ2n) is 14.3. The number of hydrogen-bond donors (Lipinski definition) is 0. The van der Waals surface area contributed by atoms with Crippen molar-refractivity contribution < 1.29 is 4.74 Å². The van der Waals surface area contributed by atoms with Gasteiger partial charge in [-0.1, -0.05) is 170 Å². The molecule has 0 unspecified atom stereocenters. The largest absolute Gasteiger partial charge is 0.455 e. The summed E-state index contributed by atoms with van der Waals surface area (Å²) in [6, 6.07) is 66.3. The van der Waals surface area contributed by atoms with E-state index in [1.165, 1.54) is 22.3 Å². The van der Waals surface area contributed by atoms with E-state index in [1.807, 2.05) is 48.7 Å². The second-order valence-corrected chi connectivity index (χ2v) is 14.3. The number of rotatable bonds is 5. The number of fused-ring (bicyclic) bond motifs is 9. The van der Waals surface area contributed by atoms with Crippen LogP contribution in [0.3, 0.4) is 0 Å². The molecule has 1 spiro atoms. The van der Waals surface area contributed by atoms with E-state index in [1.54, 1.807) is 6.20 Å². The highest BCUT2D eigenvalue weighted by atomic mass is 16.5. The topological polar surface area (TPSA) is 47.9 Å². The smallest absolute Gasteiger partial charge is 0.160 e. The zero-order valence-corrected chi connectivity index (χ0v) is 30.3. The Hall–Kier alpha value is -7.43. The molecule has 56 heavy (non-hydrogen) atoms. The van der Waals surface area contributed by atoms with E-state index < -0.39 is 5.41 Å². The number of benzene rings is 7. The Kier molecular flexibility index (Phi) is 7.36. The molecule has 262 valence electrons. The van der Waals surface area contributed by atoms with Gasteiger partial charge >= 0.3 is 0 Å². The zero-order valence-electron chi connectivity index (χ0n) is 30.3. The summed E-state index contributed by atoms with van der Waals surface area (Å²) in [4.78, 5) is 14.7. The summed E-state index contributed by atoms with van der Waals surface area (Å²) in [5.41, 5.74) is 15.3. The summed E-state index contributed by atoms with van der Waals surface area (Å²) in [6.45, 7) is 0. The maximum absolute atomic E-state index is 7.40. The van der Waals surface area contributed by atoms with Crippen LogP contribution in [0, 0.1) is 0 Å². The summed E-state index contributed by atoms with van der Waals surface area (Å²) in [6.07, 6.45) is 3.71. The highest BCUT2D eigenvalue weighted by molar-refractivity contribution is 5.92. The molecule has 0 bridgehead atoms. The van der Waals surface area contributed by atoms with Crippen LogP contribution >= 0.6 is 0 Å². The van der Waals surface area contributed by atoms with Crippen LogP contribution in [0.2, 0.25) is 0 Å². The molecule has 1 aliphatic carbocycles. The first-order chi connectivity index (χ1) is 27.8. The average Bonchev–Trinajstić information content (AvgIpc) is 3.57. The third-order valence-corrected chi connectivity index (χ3v) is 11.3. The predicted molar refractivity (Wildman–Crippen MR) is 224 cm³/mol. The van der Waals surface area contributed by atoms with Crippen LogP contribution in [-0.4, -0.2) is 15.0 Å². The molecule has 0 amide bonds. The summed E-state index contributed by atoms with van der Waals surface area (Å²) in [7, 11) is 0. The minimum absolute atomic E-state index is 0.644. The first-order valence-corrected chi connectivity index (χ1v) is 18.9. The van der Waals surface area contributed by atoms with Crippen molar-refractivity contribution in [2.45, 2.75) is 5.41 Å². The van der Waals surface area contributed by atoms with E-state index in [-0.39, 0.29) is 0 Å². The van der Waals surface area contributed by atoms with Crippen LogP contribution in [0.1, 0.15) is 22.3 Å². The Morgan fingerprint density at radius 2 is 0.875 bits per heavy atom. The lowest BCUT2D eigenvalue weighted by molar-refractivity contribution is 0.439. The van der Waals surface area contributed by atoms with E-state index >= 15 is 0 Å². The standard InChI is InChI=1S/C52H33N3O/c1-3-14-36(15-4-1)47-32-48(55-51(54-47)37-16-5-2-6-17-37)42-22-12-26-46-50(42)56-49-39(35-29-27-34(28-30-35)38-18-13-31-53-33-38)21-11-25-45(49)52(46)43-23-9-7-19-40(43)41-20-8-10-24-44(41)52/h1-33H. The SMILES string of the molecule is c1ccc(-c2cc(-c3cccc4c3Oc3c(-c5ccc(-c6cccnc6)cc5)cccc3C43c4ccccc4-c4ccccc43)nc(-c3ccccc3)n2)cc1. The normalized spacial score (nSPS) is 12.9. The lowest BCUT2D eigenvalue weighted by atomic mass is 9.65. The van der Waals surface area contributed by atoms with Gasteiger partial charge < -0.3 is 4.74 Å². The molecule has 4 heteroatoms. The Bertz CT molecular complexity index is 2820. The fourth-order valence-electron chi connectivity index (χ4n) is 8.81. The van der Waals surface area contributed by atoms with Crippen LogP contribution in [0.25, 0.3) is 67.3 Å². The first-order valence-electron chi connectivity index (χ1n) is 18.9. The minimum atomic E-state index is -0.644. The molecule has 4 nitrogen and oxygen atoms in total. The van der Waals surface area contributed by atoms with E-state index in [2.05, 4.69) is 151 Å². The summed E-state index contributed by atoms with van der Waals surface area (Å²) in [5, 5.41) is 0. The van der Waals surface area contributed by atoms with Crippen LogP contribution in [0.4, 0.5) is 0 Å². The van der Waals surface area contributed by atoms with Crippen molar-refractivity contribution in [2.24, 2.45) is 0 Å². The number of nitrogens with zero attached hydrogens (tertiary/aromatic N) is 3. The van der Waals surface area contributed by atoms with Gasteiger partial charge in [0.15, 0.2) is 5.82 Å². The average molecular weight is 716 g/mol. The van der Waals surface area contributed by atoms with E-state index in [0.717, 1.165) is 73.0 Å². The maximum Gasteiger partial charge on any atom is 0.160 e. The van der Waals surface area contributed by atoms with Gasteiger partial charge in [0, 0.05) is 45.8 Å². The Morgan fingerprint density at radius 1 is 0.357 bits per heavy atom. The van der Waals surface area contributed by atoms with E-state index in [9.17, 15) is 0 Å². The highest BCUT2D eigenvalue weighted by Crippen LogP contribution is 2.64. The van der Waals surface area contributed by atoms with Crippen molar-refractivity contribution >= 4 is 0 Å². The van der Waals surface area contributed by atoms with Gasteiger partial charge in [-0.15, -0.1) is 0 Å². The number of ether oxygens (including phenoxy) is 1. The van der Waals surface area contributed by atoms with Gasteiger partial charge in [-0.2, -0.15) is 0 Å². The van der Waals surface area contributed by atoms with Gasteiger partial charge in [-0.05, 0) is 57.1 Å². The van der Waals surface area contributed by atoms with Crippen molar-refractivity contribution in [3.05, 3.63) is 223 Å². The van der Waals surface area contributed by atoms with Crippen LogP contribution in [0.5, 0.6) is 11.5 Å². The lowest BCUT2D eigenvalue weighted by Crippen LogP contribution is -2.32. The van der Waals surface area contributed by atoms with Gasteiger partial charge in [0.25, 0.3) is 0 Å². The molecule has 3 heterocycles. The van der Waals surface area contributed by atoms with Crippen molar-refractivity contribution in [1.82, 2.24) is 15.0 Å². The summed E-state index contributed by atoms with van der Waals surface area (Å²) >= 11 is 0. The van der Waals surface area contributed by atoms with Crippen molar-refractivity contribution in [1.29, 1.82) is 0 Å². The molecule has 7 aromatic carbocycles. The molecule has 0 N–H and O–H groups in total. The van der Waals surface area contributed by atoms with Crippen molar-refractivity contribution in [3.8, 4) is 78.8 Å². The third-order valence-electron chi connectivity index (χ3n) is 11.3. The monoisotopic (exact) mass is 715 g/mol. The first kappa shape index (κ1) is 32.0. The zero-order chi connectivity index (χ0) is 37.1. The van der Waals surface area contributed by atoms with Gasteiger partial charge in [-0.3, -0.25) is 4.98 Å². The quantitative estimate of drug-likeness (QED) is 0.178. The summed E-state index contributed by atoms with van der Waals surface area (Å²) < 4.78 is 7.40. The fraction of sp³-hybridized carbons (Fsp3) is 0.0192. The third kappa shape index (κ3) is 4.89. The second kappa shape index (κ2) is 12.9. The van der Waals surface area contributed by atoms with Crippen molar-refractivity contribution in [3.63, 3.8) is 0 Å². The molecule has 0 fully saturated rings. The van der Waals surface area contributed by atoms with Crippen LogP contribution in [0.15, 0.2) is 200 Å².